The van der Waals surface area contributed by atoms with Crippen molar-refractivity contribution in [1.82, 2.24) is 0 Å². The second-order valence-corrected chi connectivity index (χ2v) is 6.12. The second-order valence-electron chi connectivity index (χ2n) is 6.12. The van der Waals surface area contributed by atoms with Crippen LogP contribution in [0.15, 0.2) is 42.5 Å². The maximum absolute atomic E-state index is 6.31. The van der Waals surface area contributed by atoms with Crippen molar-refractivity contribution in [3.05, 3.63) is 64.7 Å². The number of ether oxygens (including phenoxy) is 1. The average Bonchev–Trinajstić information content (AvgIpc) is 3.31. The molecule has 2 aromatic carbocycles. The zero-order valence-electron chi connectivity index (χ0n) is 13.2. The molecule has 1 atom stereocenters. The highest BCUT2D eigenvalue weighted by molar-refractivity contribution is 5.85. The third-order valence-corrected chi connectivity index (χ3v) is 4.22. The molecular formula is C19H24ClNO. The van der Waals surface area contributed by atoms with E-state index in [4.69, 9.17) is 10.5 Å². The molecule has 2 nitrogen and oxygen atoms in total. The number of aryl methyl sites for hydroxylation is 2. The lowest BCUT2D eigenvalue weighted by Gasteiger charge is -2.17. The summed E-state index contributed by atoms with van der Waals surface area (Å²) in [6, 6.07) is 14.8. The molecular weight excluding hydrogens is 294 g/mol. The summed E-state index contributed by atoms with van der Waals surface area (Å²) in [5.41, 5.74) is 11.1. The lowest BCUT2D eigenvalue weighted by atomic mass is 9.98. The van der Waals surface area contributed by atoms with Crippen LogP contribution in [0.25, 0.3) is 0 Å². The van der Waals surface area contributed by atoms with Crippen molar-refractivity contribution in [2.75, 3.05) is 0 Å². The van der Waals surface area contributed by atoms with E-state index in [-0.39, 0.29) is 18.4 Å². The van der Waals surface area contributed by atoms with Crippen LogP contribution in [0.1, 0.15) is 41.1 Å². The molecule has 1 aliphatic carbocycles. The highest BCUT2D eigenvalue weighted by atomic mass is 35.5. The predicted octanol–water partition coefficient (Wildman–Crippen LogP) is 4.71. The molecule has 0 bridgehead atoms. The number of nitrogens with two attached hydrogens (primary N) is 1. The van der Waals surface area contributed by atoms with Gasteiger partial charge in [0.25, 0.3) is 0 Å². The Kier molecular flexibility index (Phi) is 5.49. The van der Waals surface area contributed by atoms with Gasteiger partial charge < -0.3 is 10.5 Å². The standard InChI is InChI=1S/C19H23NO.ClH/c1-13-10-17(18(20)16-8-9-16)11-14(2)19(13)21-12-15-6-4-3-5-7-15;/h3-7,10-11,16,18H,8-9,12,20H2,1-2H3;1H/t18-;/m0./s1. The van der Waals surface area contributed by atoms with E-state index in [1.807, 2.05) is 18.2 Å². The van der Waals surface area contributed by atoms with Crippen LogP contribution in [-0.4, -0.2) is 0 Å². The van der Waals surface area contributed by atoms with Crippen molar-refractivity contribution >= 4 is 12.4 Å². The molecule has 0 radical (unpaired) electrons. The highest BCUT2D eigenvalue weighted by Crippen LogP contribution is 2.40. The van der Waals surface area contributed by atoms with E-state index in [2.05, 4.69) is 38.1 Å². The van der Waals surface area contributed by atoms with Gasteiger partial charge in [0.2, 0.25) is 0 Å². The van der Waals surface area contributed by atoms with Gasteiger partial charge in [-0.05, 0) is 54.9 Å². The number of hydrogen-bond donors (Lipinski definition) is 1. The highest BCUT2D eigenvalue weighted by Gasteiger charge is 2.29. The molecule has 0 saturated heterocycles. The van der Waals surface area contributed by atoms with E-state index in [0.717, 1.165) is 5.75 Å². The van der Waals surface area contributed by atoms with Gasteiger partial charge in [-0.25, -0.2) is 0 Å². The van der Waals surface area contributed by atoms with E-state index >= 15 is 0 Å². The molecule has 118 valence electrons. The van der Waals surface area contributed by atoms with Crippen LogP contribution < -0.4 is 10.5 Å². The topological polar surface area (TPSA) is 35.2 Å². The van der Waals surface area contributed by atoms with Crippen molar-refractivity contribution in [3.63, 3.8) is 0 Å². The average molecular weight is 318 g/mol. The molecule has 0 heterocycles. The van der Waals surface area contributed by atoms with Crippen LogP contribution in [0.5, 0.6) is 5.75 Å². The van der Waals surface area contributed by atoms with Crippen molar-refractivity contribution < 1.29 is 4.74 Å². The van der Waals surface area contributed by atoms with Crippen molar-refractivity contribution in [1.29, 1.82) is 0 Å². The SMILES string of the molecule is Cc1cc([C@@H](N)C2CC2)cc(C)c1OCc1ccccc1.Cl. The molecule has 3 rings (SSSR count). The minimum absolute atomic E-state index is 0. The minimum Gasteiger partial charge on any atom is -0.488 e. The Morgan fingerprint density at radius 1 is 1.09 bits per heavy atom. The Balaban J connectivity index is 0.00000176. The normalized spacial score (nSPS) is 15.0. The molecule has 0 spiro atoms. The maximum atomic E-state index is 6.31. The first kappa shape index (κ1) is 16.9. The smallest absolute Gasteiger partial charge is 0.125 e. The van der Waals surface area contributed by atoms with E-state index in [1.165, 1.54) is 35.1 Å². The molecule has 22 heavy (non-hydrogen) atoms. The number of benzene rings is 2. The summed E-state index contributed by atoms with van der Waals surface area (Å²) >= 11 is 0. The molecule has 0 aromatic heterocycles. The molecule has 0 amide bonds. The van der Waals surface area contributed by atoms with Gasteiger partial charge in [0.05, 0.1) is 0 Å². The monoisotopic (exact) mass is 317 g/mol. The maximum Gasteiger partial charge on any atom is 0.125 e. The van der Waals surface area contributed by atoms with Crippen LogP contribution in [0, 0.1) is 19.8 Å². The first-order valence-corrected chi connectivity index (χ1v) is 7.68. The fourth-order valence-electron chi connectivity index (χ4n) is 2.86. The van der Waals surface area contributed by atoms with E-state index in [9.17, 15) is 0 Å². The van der Waals surface area contributed by atoms with Crippen molar-refractivity contribution in [3.8, 4) is 5.75 Å². The molecule has 3 heteroatoms. The summed E-state index contributed by atoms with van der Waals surface area (Å²) in [5, 5.41) is 0. The van der Waals surface area contributed by atoms with Crippen LogP contribution in [0.4, 0.5) is 0 Å². The Bertz CT molecular complexity index is 600. The third kappa shape index (κ3) is 3.82. The van der Waals surface area contributed by atoms with Gasteiger partial charge in [0, 0.05) is 6.04 Å². The summed E-state index contributed by atoms with van der Waals surface area (Å²) in [7, 11) is 0. The van der Waals surface area contributed by atoms with Gasteiger partial charge in [0.1, 0.15) is 12.4 Å². The van der Waals surface area contributed by atoms with Gasteiger partial charge in [-0.15, -0.1) is 12.4 Å². The summed E-state index contributed by atoms with van der Waals surface area (Å²) in [5.74, 6) is 1.67. The van der Waals surface area contributed by atoms with E-state index < -0.39 is 0 Å². The summed E-state index contributed by atoms with van der Waals surface area (Å²) in [6.07, 6.45) is 2.54. The molecule has 1 aliphatic rings. The van der Waals surface area contributed by atoms with Crippen LogP contribution in [-0.2, 0) is 6.61 Å². The molecule has 2 aromatic rings. The number of rotatable bonds is 5. The van der Waals surface area contributed by atoms with Gasteiger partial charge in [0.15, 0.2) is 0 Å². The van der Waals surface area contributed by atoms with Gasteiger partial charge in [-0.1, -0.05) is 42.5 Å². The Morgan fingerprint density at radius 3 is 2.23 bits per heavy atom. The largest absolute Gasteiger partial charge is 0.488 e. The predicted molar refractivity (Wildman–Crippen MR) is 93.6 cm³/mol. The Morgan fingerprint density at radius 2 is 1.68 bits per heavy atom. The summed E-state index contributed by atoms with van der Waals surface area (Å²) < 4.78 is 6.02. The molecule has 0 aliphatic heterocycles. The quantitative estimate of drug-likeness (QED) is 0.866. The lowest BCUT2D eigenvalue weighted by molar-refractivity contribution is 0.302. The molecule has 1 saturated carbocycles. The van der Waals surface area contributed by atoms with Gasteiger partial charge in [-0.2, -0.15) is 0 Å². The number of hydrogen-bond acceptors (Lipinski definition) is 2. The van der Waals surface area contributed by atoms with Crippen molar-refractivity contribution in [2.24, 2.45) is 11.7 Å². The van der Waals surface area contributed by atoms with Crippen LogP contribution in [0.2, 0.25) is 0 Å². The van der Waals surface area contributed by atoms with Gasteiger partial charge >= 0.3 is 0 Å². The summed E-state index contributed by atoms with van der Waals surface area (Å²) in [6.45, 7) is 4.82. The number of halogens is 1. The molecule has 2 N–H and O–H groups in total. The third-order valence-electron chi connectivity index (χ3n) is 4.22. The second kappa shape index (κ2) is 7.17. The van der Waals surface area contributed by atoms with Crippen LogP contribution >= 0.6 is 12.4 Å². The van der Waals surface area contributed by atoms with Crippen molar-refractivity contribution in [2.45, 2.75) is 39.3 Å². The molecule has 1 fully saturated rings. The minimum atomic E-state index is 0. The fraction of sp³-hybridized carbons (Fsp3) is 0.368. The lowest BCUT2D eigenvalue weighted by Crippen LogP contribution is -2.13. The Hall–Kier alpha value is -1.51. The summed E-state index contributed by atoms with van der Waals surface area (Å²) in [4.78, 5) is 0. The zero-order chi connectivity index (χ0) is 14.8. The Labute approximate surface area is 139 Å². The first-order chi connectivity index (χ1) is 10.1. The van der Waals surface area contributed by atoms with E-state index in [1.54, 1.807) is 0 Å². The van der Waals surface area contributed by atoms with Crippen LogP contribution in [0.3, 0.4) is 0 Å². The fourth-order valence-corrected chi connectivity index (χ4v) is 2.86. The first-order valence-electron chi connectivity index (χ1n) is 7.68. The zero-order valence-corrected chi connectivity index (χ0v) is 14.0. The molecule has 0 unspecified atom stereocenters. The van der Waals surface area contributed by atoms with E-state index in [0.29, 0.717) is 12.5 Å². The van der Waals surface area contributed by atoms with Gasteiger partial charge in [-0.3, -0.25) is 0 Å².